The van der Waals surface area contributed by atoms with E-state index in [1.165, 1.54) is 77.0 Å². The predicted octanol–water partition coefficient (Wildman–Crippen LogP) is 9.76. The van der Waals surface area contributed by atoms with Crippen LogP contribution in [-0.4, -0.2) is 69.8 Å². The first-order chi connectivity index (χ1) is 23.6. The van der Waals surface area contributed by atoms with Crippen LogP contribution in [-0.2, 0) is 19.1 Å². The van der Waals surface area contributed by atoms with Gasteiger partial charge in [-0.25, -0.2) is 9.59 Å². The van der Waals surface area contributed by atoms with Crippen LogP contribution in [0.15, 0.2) is 0 Å². The van der Waals surface area contributed by atoms with E-state index in [0.717, 1.165) is 38.5 Å². The van der Waals surface area contributed by atoms with Crippen LogP contribution in [0.25, 0.3) is 0 Å². The Labute approximate surface area is 305 Å². The number of hydrogen-bond donors (Lipinski definition) is 2. The van der Waals surface area contributed by atoms with Crippen molar-refractivity contribution >= 4 is 24.0 Å². The third-order valence-corrected chi connectivity index (χ3v) is 9.30. The summed E-state index contributed by atoms with van der Waals surface area (Å²) >= 11 is 0. The Hall–Kier alpha value is -2.36. The van der Waals surface area contributed by atoms with Gasteiger partial charge in [-0.15, -0.1) is 0 Å². The Morgan fingerprint density at radius 2 is 1.12 bits per heavy atom. The van der Waals surface area contributed by atoms with Crippen molar-refractivity contribution in [2.45, 2.75) is 220 Å². The number of imide groups is 1. The van der Waals surface area contributed by atoms with Gasteiger partial charge in [0.15, 0.2) is 5.66 Å². The largest absolute Gasteiger partial charge is 0.443 e. The number of carbonyl (C=O) groups excluding carboxylic acids is 4. The van der Waals surface area contributed by atoms with Gasteiger partial charge in [0.25, 0.3) is 5.91 Å². The fraction of sp³-hybridized carbons (Fsp3) is 0.900. The molecule has 1 saturated heterocycles. The SMILES string of the molecule is CCCCCCCCCCCCCCCCCC(=O)N1CCCCC1CNC(=O)C(N)(CCCC)N(C(=O)OC(C)(C)C)C(=O)OC(C)(C)C. The number of amides is 4. The molecule has 1 rings (SSSR count). The van der Waals surface area contributed by atoms with Crippen LogP contribution in [0, 0.1) is 0 Å². The maximum atomic E-state index is 13.9. The highest BCUT2D eigenvalue weighted by atomic mass is 16.6. The Kier molecular flexibility index (Phi) is 21.9. The molecule has 1 fully saturated rings. The second-order valence-electron chi connectivity index (χ2n) is 16.5. The minimum absolute atomic E-state index is 0.0281. The van der Waals surface area contributed by atoms with Crippen LogP contribution in [0.5, 0.6) is 0 Å². The summed E-state index contributed by atoms with van der Waals surface area (Å²) in [6.07, 6.45) is 21.5. The average Bonchev–Trinajstić information content (AvgIpc) is 3.02. The van der Waals surface area contributed by atoms with E-state index >= 15 is 0 Å². The molecule has 10 heteroatoms. The highest BCUT2D eigenvalue weighted by molar-refractivity contribution is 5.98. The molecular weight excluding hydrogens is 632 g/mol. The van der Waals surface area contributed by atoms with E-state index in [4.69, 9.17) is 15.2 Å². The standard InChI is InChI=1S/C40H76N4O6/c1-9-11-13-14-15-16-17-18-19-20-21-22-23-24-25-29-34(45)43-31-27-26-28-33(43)32-42-35(46)40(41,30-12-10-2)44(36(47)49-38(3,4)5)37(48)50-39(6,7)8/h33H,9-32,41H2,1-8H3,(H,42,46). The van der Waals surface area contributed by atoms with Gasteiger partial charge in [-0.3, -0.25) is 9.59 Å². The number of likely N-dealkylation sites (tertiary alicyclic amines) is 1. The molecule has 0 bridgehead atoms. The van der Waals surface area contributed by atoms with E-state index < -0.39 is 35.0 Å². The molecule has 0 saturated carbocycles. The fourth-order valence-electron chi connectivity index (χ4n) is 6.48. The number of hydrogen-bond acceptors (Lipinski definition) is 7. The highest BCUT2D eigenvalue weighted by Gasteiger charge is 2.50. The molecule has 292 valence electrons. The molecular formula is C40H76N4O6. The Morgan fingerprint density at radius 3 is 1.56 bits per heavy atom. The summed E-state index contributed by atoms with van der Waals surface area (Å²) in [7, 11) is 0. The third kappa shape index (κ3) is 18.8. The van der Waals surface area contributed by atoms with Crippen LogP contribution < -0.4 is 11.1 Å². The van der Waals surface area contributed by atoms with E-state index in [1.807, 2.05) is 11.8 Å². The average molecular weight is 709 g/mol. The number of unbranched alkanes of at least 4 members (excludes halogenated alkanes) is 15. The van der Waals surface area contributed by atoms with E-state index in [-0.39, 0.29) is 24.9 Å². The first-order valence-corrected chi connectivity index (χ1v) is 20.2. The minimum atomic E-state index is -2.04. The number of rotatable bonds is 23. The van der Waals surface area contributed by atoms with E-state index in [1.54, 1.807) is 41.5 Å². The summed E-state index contributed by atoms with van der Waals surface area (Å²) in [4.78, 5) is 56.6. The van der Waals surface area contributed by atoms with E-state index in [9.17, 15) is 19.2 Å². The van der Waals surface area contributed by atoms with Crippen molar-refractivity contribution in [1.29, 1.82) is 0 Å². The summed E-state index contributed by atoms with van der Waals surface area (Å²) in [5, 5.41) is 2.91. The van der Waals surface area contributed by atoms with Crippen molar-refractivity contribution in [3.8, 4) is 0 Å². The molecule has 0 aromatic carbocycles. The molecule has 0 radical (unpaired) electrons. The lowest BCUT2D eigenvalue weighted by Gasteiger charge is -2.40. The topological polar surface area (TPSA) is 131 Å². The van der Waals surface area contributed by atoms with Crippen LogP contribution >= 0.6 is 0 Å². The van der Waals surface area contributed by atoms with Gasteiger partial charge in [0.05, 0.1) is 0 Å². The molecule has 2 atom stereocenters. The molecule has 10 nitrogen and oxygen atoms in total. The Bertz CT molecular complexity index is 963. The lowest BCUT2D eigenvalue weighted by Crippen LogP contribution is -2.69. The van der Waals surface area contributed by atoms with Crippen molar-refractivity contribution in [2.75, 3.05) is 13.1 Å². The summed E-state index contributed by atoms with van der Waals surface area (Å²) in [6, 6.07) is -0.177. The van der Waals surface area contributed by atoms with E-state index in [2.05, 4.69) is 12.2 Å². The van der Waals surface area contributed by atoms with Gasteiger partial charge in [0, 0.05) is 25.6 Å². The first kappa shape index (κ1) is 45.7. The van der Waals surface area contributed by atoms with Crippen LogP contribution in [0.4, 0.5) is 9.59 Å². The number of piperidine rings is 1. The molecule has 1 heterocycles. The van der Waals surface area contributed by atoms with Crippen molar-refractivity contribution < 1.29 is 28.7 Å². The fourth-order valence-corrected chi connectivity index (χ4v) is 6.48. The zero-order valence-corrected chi connectivity index (χ0v) is 33.5. The van der Waals surface area contributed by atoms with Gasteiger partial charge in [0.1, 0.15) is 11.2 Å². The molecule has 50 heavy (non-hydrogen) atoms. The minimum Gasteiger partial charge on any atom is -0.443 e. The predicted molar refractivity (Wildman–Crippen MR) is 203 cm³/mol. The van der Waals surface area contributed by atoms with Crippen molar-refractivity contribution in [3.05, 3.63) is 0 Å². The first-order valence-electron chi connectivity index (χ1n) is 20.2. The summed E-state index contributed by atoms with van der Waals surface area (Å²) in [5.41, 5.74) is 2.81. The zero-order valence-electron chi connectivity index (χ0n) is 33.5. The van der Waals surface area contributed by atoms with Gasteiger partial charge < -0.3 is 25.4 Å². The second kappa shape index (κ2) is 24.0. The van der Waals surface area contributed by atoms with E-state index in [0.29, 0.717) is 30.7 Å². The molecule has 0 aromatic rings. The maximum absolute atomic E-state index is 13.9. The van der Waals surface area contributed by atoms with Gasteiger partial charge in [0.2, 0.25) is 5.91 Å². The van der Waals surface area contributed by atoms with Crippen LogP contribution in [0.1, 0.15) is 197 Å². The monoisotopic (exact) mass is 709 g/mol. The molecule has 0 aliphatic carbocycles. The molecule has 2 unspecified atom stereocenters. The van der Waals surface area contributed by atoms with Crippen LogP contribution in [0.2, 0.25) is 0 Å². The van der Waals surface area contributed by atoms with Crippen molar-refractivity contribution in [2.24, 2.45) is 5.73 Å². The van der Waals surface area contributed by atoms with Gasteiger partial charge in [-0.2, -0.15) is 4.90 Å². The van der Waals surface area contributed by atoms with Crippen molar-refractivity contribution in [3.63, 3.8) is 0 Å². The van der Waals surface area contributed by atoms with Crippen LogP contribution in [0.3, 0.4) is 0 Å². The third-order valence-electron chi connectivity index (χ3n) is 9.30. The second-order valence-corrected chi connectivity index (χ2v) is 16.5. The Balaban J connectivity index is 2.68. The molecule has 3 N–H and O–H groups in total. The van der Waals surface area contributed by atoms with Crippen molar-refractivity contribution in [1.82, 2.24) is 15.1 Å². The summed E-state index contributed by atoms with van der Waals surface area (Å²) < 4.78 is 11.1. The molecule has 4 amide bonds. The van der Waals surface area contributed by atoms with Gasteiger partial charge >= 0.3 is 12.2 Å². The summed E-state index contributed by atoms with van der Waals surface area (Å²) in [5.74, 6) is -0.559. The van der Waals surface area contributed by atoms with Gasteiger partial charge in [-0.05, 0) is 80.1 Å². The molecule has 1 aliphatic heterocycles. The maximum Gasteiger partial charge on any atom is 0.421 e. The number of nitrogens with two attached hydrogens (primary N) is 1. The number of carbonyl (C=O) groups is 4. The van der Waals surface area contributed by atoms with Gasteiger partial charge in [-0.1, -0.05) is 110 Å². The molecule has 1 aliphatic rings. The highest BCUT2D eigenvalue weighted by Crippen LogP contribution is 2.26. The number of ether oxygens (including phenoxy) is 2. The quantitative estimate of drug-likeness (QED) is 0.0798. The number of nitrogens with zero attached hydrogens (tertiary/aromatic N) is 2. The normalized spacial score (nSPS) is 16.4. The lowest BCUT2D eigenvalue weighted by atomic mass is 9.98. The lowest BCUT2D eigenvalue weighted by molar-refractivity contribution is -0.137. The molecule has 0 spiro atoms. The Morgan fingerprint density at radius 1 is 0.680 bits per heavy atom. The molecule has 0 aromatic heterocycles. The summed E-state index contributed by atoms with van der Waals surface area (Å²) in [6.45, 7) is 15.1. The number of nitrogens with one attached hydrogen (secondary N) is 1. The smallest absolute Gasteiger partial charge is 0.421 e. The zero-order chi connectivity index (χ0) is 37.6.